The van der Waals surface area contributed by atoms with Crippen LogP contribution in [-0.4, -0.2) is 17.8 Å². The second-order valence-electron chi connectivity index (χ2n) is 2.69. The predicted octanol–water partition coefficient (Wildman–Crippen LogP) is 2.66. The van der Waals surface area contributed by atoms with Crippen LogP contribution in [-0.2, 0) is 0 Å². The van der Waals surface area contributed by atoms with Crippen molar-refractivity contribution in [1.29, 1.82) is 5.53 Å². The Morgan fingerprint density at radius 3 is 2.75 bits per heavy atom. The Bertz CT molecular complexity index is 413. The number of nitrogens with one attached hydrogen (secondary N) is 1. The van der Waals surface area contributed by atoms with Crippen molar-refractivity contribution in [3.63, 3.8) is 0 Å². The summed E-state index contributed by atoms with van der Waals surface area (Å²) in [6, 6.07) is 3.72. The van der Waals surface area contributed by atoms with E-state index in [2.05, 4.69) is 5.22 Å². The normalized spacial score (nSPS) is 9.62. The number of primary amides is 1. The zero-order chi connectivity index (χ0) is 12.1. The van der Waals surface area contributed by atoms with Crippen molar-refractivity contribution >= 4 is 29.2 Å². The van der Waals surface area contributed by atoms with Gasteiger partial charge in [-0.1, -0.05) is 28.4 Å². The molecule has 8 heteroatoms. The Labute approximate surface area is 101 Å². The molecule has 1 aromatic carbocycles. The molecule has 3 N–H and O–H groups in total. The van der Waals surface area contributed by atoms with E-state index in [0.717, 1.165) is 0 Å². The lowest BCUT2D eigenvalue weighted by Gasteiger charge is -2.13. The number of carbonyl (C=O) groups excluding carboxylic acids is 1. The third-order valence-corrected chi connectivity index (χ3v) is 2.14. The maximum atomic E-state index is 10.7. The summed E-state index contributed by atoms with van der Waals surface area (Å²) in [6.45, 7) is -0.291. The number of urea groups is 1. The summed E-state index contributed by atoms with van der Waals surface area (Å²) in [5.41, 5.74) is 11.6. The van der Waals surface area contributed by atoms with Crippen LogP contribution in [0.15, 0.2) is 23.4 Å². The molecule has 0 aliphatic rings. The summed E-state index contributed by atoms with van der Waals surface area (Å²) in [5.74, 6) is 0.320. The van der Waals surface area contributed by atoms with Gasteiger partial charge in [-0.25, -0.2) is 4.79 Å². The fourth-order valence-electron chi connectivity index (χ4n) is 0.865. The molecule has 6 nitrogen and oxygen atoms in total. The number of amides is 2. The molecule has 0 saturated heterocycles. The molecule has 0 aliphatic heterocycles. The van der Waals surface area contributed by atoms with Gasteiger partial charge in [0.05, 0.1) is 5.02 Å². The number of benzene rings is 1. The van der Waals surface area contributed by atoms with Gasteiger partial charge in [0.2, 0.25) is 0 Å². The van der Waals surface area contributed by atoms with Crippen molar-refractivity contribution in [3.8, 4) is 5.75 Å². The third kappa shape index (κ3) is 3.25. The molecular formula is C8H8Cl2N4O2. The van der Waals surface area contributed by atoms with Crippen molar-refractivity contribution in [1.82, 2.24) is 5.01 Å². The maximum absolute atomic E-state index is 10.7. The number of ether oxygens (including phenoxy) is 1. The van der Waals surface area contributed by atoms with Crippen LogP contribution in [0.1, 0.15) is 0 Å². The minimum atomic E-state index is -0.889. The Morgan fingerprint density at radius 2 is 2.25 bits per heavy atom. The molecule has 16 heavy (non-hydrogen) atoms. The van der Waals surface area contributed by atoms with Gasteiger partial charge >= 0.3 is 6.03 Å². The van der Waals surface area contributed by atoms with Crippen LogP contribution in [0.25, 0.3) is 0 Å². The van der Waals surface area contributed by atoms with E-state index in [1.807, 2.05) is 0 Å². The number of hydrogen-bond donors (Lipinski definition) is 2. The molecule has 1 rings (SSSR count). The Hall–Kier alpha value is -1.53. The lowest BCUT2D eigenvalue weighted by atomic mass is 10.3. The Morgan fingerprint density at radius 1 is 1.56 bits per heavy atom. The summed E-state index contributed by atoms with van der Waals surface area (Å²) in [6.07, 6.45) is 0. The molecule has 0 aromatic heterocycles. The van der Waals surface area contributed by atoms with Crippen molar-refractivity contribution in [3.05, 3.63) is 28.2 Å². The van der Waals surface area contributed by atoms with E-state index >= 15 is 0 Å². The largest absolute Gasteiger partial charge is 0.469 e. The molecule has 1 aromatic rings. The third-order valence-electron chi connectivity index (χ3n) is 1.61. The summed E-state index contributed by atoms with van der Waals surface area (Å²) < 4.78 is 5.13. The first-order chi connectivity index (χ1) is 7.54. The first-order valence-electron chi connectivity index (χ1n) is 4.07. The molecule has 0 spiro atoms. The van der Waals surface area contributed by atoms with Crippen molar-refractivity contribution in [2.75, 3.05) is 6.73 Å². The number of halogens is 2. The quantitative estimate of drug-likeness (QED) is 0.496. The number of carbonyl (C=O) groups is 1. The van der Waals surface area contributed by atoms with E-state index in [-0.39, 0.29) is 6.73 Å². The minimum Gasteiger partial charge on any atom is -0.469 e. The van der Waals surface area contributed by atoms with Crippen LogP contribution < -0.4 is 10.5 Å². The molecule has 0 atom stereocenters. The molecule has 0 heterocycles. The van der Waals surface area contributed by atoms with Gasteiger partial charge < -0.3 is 10.5 Å². The van der Waals surface area contributed by atoms with Gasteiger partial charge in [0.15, 0.2) is 6.73 Å². The highest BCUT2D eigenvalue weighted by molar-refractivity contribution is 6.35. The topological polar surface area (TPSA) is 91.8 Å². The molecule has 0 radical (unpaired) electrons. The number of nitrogens with two attached hydrogens (primary N) is 1. The van der Waals surface area contributed by atoms with Crippen LogP contribution in [0.5, 0.6) is 5.75 Å². The van der Waals surface area contributed by atoms with Crippen LogP contribution in [0.2, 0.25) is 10.0 Å². The minimum absolute atomic E-state index is 0.291. The van der Waals surface area contributed by atoms with E-state index in [4.69, 9.17) is 39.2 Å². The van der Waals surface area contributed by atoms with Gasteiger partial charge in [-0.15, -0.1) is 0 Å². The zero-order valence-corrected chi connectivity index (χ0v) is 9.50. The monoisotopic (exact) mass is 262 g/mol. The lowest BCUT2D eigenvalue weighted by Crippen LogP contribution is -2.33. The maximum Gasteiger partial charge on any atom is 0.339 e. The van der Waals surface area contributed by atoms with Crippen LogP contribution >= 0.6 is 23.2 Å². The first kappa shape index (κ1) is 12.5. The van der Waals surface area contributed by atoms with Crippen molar-refractivity contribution < 1.29 is 9.53 Å². The highest BCUT2D eigenvalue weighted by atomic mass is 35.5. The summed E-state index contributed by atoms with van der Waals surface area (Å²) in [4.78, 5) is 10.7. The van der Waals surface area contributed by atoms with Crippen molar-refractivity contribution in [2.24, 2.45) is 11.0 Å². The van der Waals surface area contributed by atoms with Crippen LogP contribution in [0.3, 0.4) is 0 Å². The molecular weight excluding hydrogens is 255 g/mol. The summed E-state index contributed by atoms with van der Waals surface area (Å²) >= 11 is 11.5. The number of hydrogen-bond acceptors (Lipinski definition) is 4. The Kier molecular flexibility index (Phi) is 4.33. The molecule has 86 valence electrons. The molecule has 0 fully saturated rings. The second kappa shape index (κ2) is 5.53. The van der Waals surface area contributed by atoms with Gasteiger partial charge in [0.1, 0.15) is 5.75 Å². The highest BCUT2D eigenvalue weighted by Gasteiger charge is 2.10. The first-order valence-corrected chi connectivity index (χ1v) is 4.82. The van der Waals surface area contributed by atoms with Gasteiger partial charge in [-0.05, 0) is 18.2 Å². The fourth-order valence-corrected chi connectivity index (χ4v) is 1.33. The lowest BCUT2D eigenvalue weighted by molar-refractivity contribution is 0.136. The van der Waals surface area contributed by atoms with E-state index < -0.39 is 6.03 Å². The average Bonchev–Trinajstić information content (AvgIpc) is 2.21. The molecule has 0 saturated carbocycles. The summed E-state index contributed by atoms with van der Waals surface area (Å²) in [7, 11) is 0. The van der Waals surface area contributed by atoms with Gasteiger partial charge in [0, 0.05) is 5.02 Å². The van der Waals surface area contributed by atoms with E-state index in [0.29, 0.717) is 20.8 Å². The molecule has 0 bridgehead atoms. The van der Waals surface area contributed by atoms with Gasteiger partial charge in [-0.3, -0.25) is 0 Å². The molecule has 0 unspecified atom stereocenters. The van der Waals surface area contributed by atoms with E-state index in [9.17, 15) is 4.79 Å². The average molecular weight is 263 g/mol. The number of rotatable bonds is 4. The smallest absolute Gasteiger partial charge is 0.339 e. The van der Waals surface area contributed by atoms with E-state index in [1.54, 1.807) is 6.07 Å². The molecule has 2 amide bonds. The summed E-state index contributed by atoms with van der Waals surface area (Å²) in [5, 5.41) is 4.25. The highest BCUT2D eigenvalue weighted by Crippen LogP contribution is 2.27. The van der Waals surface area contributed by atoms with E-state index in [1.165, 1.54) is 12.1 Å². The predicted molar refractivity (Wildman–Crippen MR) is 58.5 cm³/mol. The van der Waals surface area contributed by atoms with Gasteiger partial charge in [0.25, 0.3) is 0 Å². The van der Waals surface area contributed by atoms with Gasteiger partial charge in [-0.2, -0.15) is 10.5 Å². The zero-order valence-electron chi connectivity index (χ0n) is 7.98. The fraction of sp³-hybridized carbons (Fsp3) is 0.125. The Balaban J connectivity index is 2.67. The van der Waals surface area contributed by atoms with Crippen LogP contribution in [0, 0.1) is 5.53 Å². The van der Waals surface area contributed by atoms with Crippen molar-refractivity contribution in [2.45, 2.75) is 0 Å². The van der Waals surface area contributed by atoms with Crippen LogP contribution in [0.4, 0.5) is 4.79 Å². The molecule has 0 aliphatic carbocycles. The standard InChI is InChI=1S/C8H8Cl2N4O2/c9-5-1-2-7(6(10)3-5)16-4-14(13-12)8(11)15/h1-3,12H,4H2,(H2,11,15). The SMILES string of the molecule is N=NN(COc1ccc(Cl)cc1Cl)C(N)=O. The second-order valence-corrected chi connectivity index (χ2v) is 3.53. The number of nitrogens with zero attached hydrogens (tertiary/aromatic N) is 2.